The minimum Gasteiger partial charge on any atom is -0.492 e. The zero-order valence-electron chi connectivity index (χ0n) is 21.9. The molecule has 2 aromatic heterocycles. The summed E-state index contributed by atoms with van der Waals surface area (Å²) in [7, 11) is -1.60. The van der Waals surface area contributed by atoms with Gasteiger partial charge in [-0.1, -0.05) is 40.8 Å². The van der Waals surface area contributed by atoms with Crippen molar-refractivity contribution in [2.24, 2.45) is 11.8 Å². The van der Waals surface area contributed by atoms with Crippen molar-refractivity contribution in [1.29, 1.82) is 0 Å². The number of imidazole rings is 1. The quantitative estimate of drug-likeness (QED) is 0.538. The molecule has 0 bridgehead atoms. The minimum atomic E-state index is -1.60. The largest absolute Gasteiger partial charge is 0.492 e. The average Bonchev–Trinajstić information content (AvgIpc) is 3.29. The van der Waals surface area contributed by atoms with Crippen LogP contribution >= 0.6 is 0 Å². The van der Waals surface area contributed by atoms with Crippen molar-refractivity contribution in [3.63, 3.8) is 0 Å². The van der Waals surface area contributed by atoms with Crippen LogP contribution in [0.15, 0.2) is 12.7 Å². The van der Waals surface area contributed by atoms with E-state index in [1.165, 1.54) is 6.33 Å². The maximum atomic E-state index is 10.2. The monoisotopic (exact) mass is 478 g/mol. The van der Waals surface area contributed by atoms with Crippen LogP contribution in [0.1, 0.15) is 61.8 Å². The maximum Gasteiger partial charge on any atom is 0.242 e. The maximum absolute atomic E-state index is 10.2. The summed E-state index contributed by atoms with van der Waals surface area (Å²) in [4.78, 5) is 12.8. The van der Waals surface area contributed by atoms with Crippen LogP contribution in [0.25, 0.3) is 11.2 Å². The molecule has 0 unspecified atom stereocenters. The molecule has 1 N–H and O–H groups in total. The van der Waals surface area contributed by atoms with Gasteiger partial charge in [0.1, 0.15) is 12.4 Å². The molecule has 186 valence electrons. The predicted octanol–water partition coefficient (Wildman–Crippen LogP) is 4.27. The molecule has 1 saturated heterocycles. The molecule has 1 aliphatic rings. The summed E-state index contributed by atoms with van der Waals surface area (Å²) in [5.41, 5.74) is 0.336. The number of hydrogen-bond acceptors (Lipinski definition) is 7. The van der Waals surface area contributed by atoms with Crippen molar-refractivity contribution in [2.75, 3.05) is 6.61 Å². The second kappa shape index (κ2) is 9.24. The van der Waals surface area contributed by atoms with E-state index in [0.717, 1.165) is 0 Å². The van der Waals surface area contributed by atoms with E-state index in [1.807, 2.05) is 4.57 Å². The third-order valence-corrected chi connectivity index (χ3v) is 10.1. The zero-order chi connectivity index (χ0) is 24.8. The van der Waals surface area contributed by atoms with Gasteiger partial charge < -0.3 is 19.3 Å². The Morgan fingerprint density at radius 1 is 1.12 bits per heavy atom. The van der Waals surface area contributed by atoms with Crippen LogP contribution in [-0.4, -0.2) is 63.4 Å². The predicted molar refractivity (Wildman–Crippen MR) is 132 cm³/mol. The molecule has 1 fully saturated rings. The first-order valence-electron chi connectivity index (χ1n) is 12.1. The Kier molecular flexibility index (Phi) is 7.30. The number of fused-ring (bicyclic) bond motifs is 1. The third-order valence-electron chi connectivity index (χ3n) is 7.68. The van der Waals surface area contributed by atoms with Crippen LogP contribution in [0.5, 0.6) is 5.88 Å². The Morgan fingerprint density at radius 2 is 1.76 bits per heavy atom. The first-order chi connectivity index (χ1) is 15.2. The Hall–Kier alpha value is -1.55. The van der Waals surface area contributed by atoms with E-state index >= 15 is 0 Å². The highest BCUT2D eigenvalue weighted by Crippen LogP contribution is 2.44. The van der Waals surface area contributed by atoms with Crippen LogP contribution in [-0.2, 0) is 19.6 Å². The van der Waals surface area contributed by atoms with Crippen molar-refractivity contribution in [3.05, 3.63) is 12.7 Å². The van der Waals surface area contributed by atoms with E-state index in [-0.39, 0.29) is 29.3 Å². The summed E-state index contributed by atoms with van der Waals surface area (Å²) in [6.45, 7) is 22.2. The normalized spacial score (nSPS) is 24.6. The summed E-state index contributed by atoms with van der Waals surface area (Å²) >= 11 is 0. The van der Waals surface area contributed by atoms with Crippen molar-refractivity contribution in [1.82, 2.24) is 19.5 Å². The van der Waals surface area contributed by atoms with Gasteiger partial charge in [-0.25, -0.2) is 9.97 Å². The van der Waals surface area contributed by atoms with E-state index in [2.05, 4.69) is 83.4 Å². The molecule has 0 aliphatic carbocycles. The minimum absolute atomic E-state index is 0.126. The molecule has 9 heteroatoms. The summed E-state index contributed by atoms with van der Waals surface area (Å²) in [6, 6.07) is 0. The molecule has 3 atom stereocenters. The van der Waals surface area contributed by atoms with Gasteiger partial charge in [0, 0.05) is 6.42 Å². The van der Waals surface area contributed by atoms with Gasteiger partial charge in [-0.05, 0) is 39.5 Å². The highest BCUT2D eigenvalue weighted by molar-refractivity contribution is 6.58. The average molecular weight is 479 g/mol. The van der Waals surface area contributed by atoms with Crippen molar-refractivity contribution < 1.29 is 19.3 Å². The van der Waals surface area contributed by atoms with Crippen LogP contribution in [0.3, 0.4) is 0 Å². The van der Waals surface area contributed by atoms with Gasteiger partial charge in [-0.2, -0.15) is 4.98 Å². The van der Waals surface area contributed by atoms with Crippen molar-refractivity contribution in [2.45, 2.75) is 104 Å². The molecule has 1 aliphatic heterocycles. The number of nitrogens with zero attached hydrogens (tertiary/aromatic N) is 4. The highest BCUT2D eigenvalue weighted by atomic mass is 28.3. The summed E-state index contributed by atoms with van der Waals surface area (Å²) in [6.07, 6.45) is 3.46. The van der Waals surface area contributed by atoms with E-state index in [1.54, 1.807) is 6.33 Å². The Bertz CT molecular complexity index is 959. The van der Waals surface area contributed by atoms with E-state index in [4.69, 9.17) is 14.2 Å². The molecule has 0 radical (unpaired) electrons. The fourth-order valence-electron chi connectivity index (χ4n) is 4.09. The molecule has 0 aromatic carbocycles. The van der Waals surface area contributed by atoms with Gasteiger partial charge in [0.15, 0.2) is 16.5 Å². The molecular weight excluding hydrogens is 436 g/mol. The van der Waals surface area contributed by atoms with Crippen LogP contribution in [0.4, 0.5) is 0 Å². The third kappa shape index (κ3) is 4.83. The van der Waals surface area contributed by atoms with Crippen LogP contribution < -0.4 is 0 Å². The van der Waals surface area contributed by atoms with Crippen molar-refractivity contribution in [3.8, 4) is 5.88 Å². The van der Waals surface area contributed by atoms with E-state index in [0.29, 0.717) is 36.0 Å². The second-order valence-electron chi connectivity index (χ2n) is 11.3. The summed E-state index contributed by atoms with van der Waals surface area (Å²) in [5, 5.41) is 9.52. The fourth-order valence-corrected chi connectivity index (χ4v) is 6.24. The van der Waals surface area contributed by atoms with E-state index in [9.17, 15) is 5.11 Å². The number of hydrogen-bond donors (Lipinski definition) is 1. The van der Waals surface area contributed by atoms with Crippen molar-refractivity contribution >= 4 is 20.0 Å². The molecule has 0 amide bonds. The number of rotatable bonds is 9. The molecule has 3 heterocycles. The van der Waals surface area contributed by atoms with Gasteiger partial charge >= 0.3 is 0 Å². The molecule has 0 spiro atoms. The van der Waals surface area contributed by atoms with Gasteiger partial charge in [0.05, 0.1) is 39.0 Å². The molecular formula is C24H42N4O4Si. The number of aromatic nitrogens is 4. The van der Waals surface area contributed by atoms with Gasteiger partial charge in [-0.15, -0.1) is 0 Å². The molecule has 8 nitrogen and oxygen atoms in total. The standard InChI is InChI=1S/C24H42N4O4Si/c1-15(2)22(5,6)30-12-17-11-18(32-23(7,8)16(3)4)24(31-17,33(9)10)28-14-27-19-20(28)25-13-26-21(19)29/h13-18,33H,11-12H2,1-10H3,(H,25,26,29)/t17-,18+,24-/m0/s1. The first kappa shape index (κ1) is 26.1. The van der Waals surface area contributed by atoms with Gasteiger partial charge in [0.2, 0.25) is 5.88 Å². The Morgan fingerprint density at radius 3 is 2.33 bits per heavy atom. The first-order valence-corrected chi connectivity index (χ1v) is 15.0. The highest BCUT2D eigenvalue weighted by Gasteiger charge is 2.56. The zero-order valence-corrected chi connectivity index (χ0v) is 23.1. The summed E-state index contributed by atoms with van der Waals surface area (Å²) in [5.74, 6) is 0.577. The number of aromatic hydroxyl groups is 1. The molecule has 33 heavy (non-hydrogen) atoms. The molecule has 3 rings (SSSR count). The fraction of sp³-hybridized carbons (Fsp3) is 0.792. The lowest BCUT2D eigenvalue weighted by Gasteiger charge is -2.43. The van der Waals surface area contributed by atoms with Gasteiger partial charge in [-0.3, -0.25) is 4.57 Å². The lowest BCUT2D eigenvalue weighted by molar-refractivity contribution is -0.167. The van der Waals surface area contributed by atoms with Gasteiger partial charge in [0.25, 0.3) is 0 Å². The Balaban J connectivity index is 2.06. The lowest BCUT2D eigenvalue weighted by Crippen LogP contribution is -2.55. The topological polar surface area (TPSA) is 91.5 Å². The van der Waals surface area contributed by atoms with E-state index < -0.39 is 14.1 Å². The Labute approximate surface area is 199 Å². The van der Waals surface area contributed by atoms with Crippen LogP contribution in [0, 0.1) is 11.8 Å². The molecule has 2 aromatic rings. The van der Waals surface area contributed by atoms with Crippen LogP contribution in [0.2, 0.25) is 13.1 Å². The molecule has 0 saturated carbocycles. The lowest BCUT2D eigenvalue weighted by atomic mass is 9.94. The second-order valence-corrected chi connectivity index (χ2v) is 14.4. The number of ether oxygens (including phenoxy) is 3. The SMILES string of the molecule is CC(C)C(C)(C)OC[C@@H]1C[C@@H](OC(C)(C)C(C)C)[C@@](n2cnc3c(O)ncnc32)([SiH](C)C)O1. The summed E-state index contributed by atoms with van der Waals surface area (Å²) < 4.78 is 22.1. The smallest absolute Gasteiger partial charge is 0.242 e.